The first-order chi connectivity index (χ1) is 12.1. The highest BCUT2D eigenvalue weighted by Gasteiger charge is 2.57. The summed E-state index contributed by atoms with van der Waals surface area (Å²) in [4.78, 5) is 30.3. The van der Waals surface area contributed by atoms with Crippen LogP contribution in [0, 0.1) is 5.92 Å². The third kappa shape index (κ3) is 4.20. The van der Waals surface area contributed by atoms with Crippen LogP contribution in [0.25, 0.3) is 0 Å². The van der Waals surface area contributed by atoms with Gasteiger partial charge in [-0.3, -0.25) is 9.69 Å². The molecule has 2 fully saturated rings. The number of alkyl halides is 2. The lowest BCUT2D eigenvalue weighted by Crippen LogP contribution is -2.47. The molecule has 142 valence electrons. The summed E-state index contributed by atoms with van der Waals surface area (Å²) in [6.45, 7) is 2.29. The van der Waals surface area contributed by atoms with Crippen molar-refractivity contribution in [2.75, 3.05) is 5.32 Å². The molecule has 1 aromatic rings. The average molecular weight is 369 g/mol. The fourth-order valence-electron chi connectivity index (χ4n) is 3.12. The number of amides is 2. The smallest absolute Gasteiger partial charge is 0.411 e. The minimum atomic E-state index is -3.00. The molecule has 0 unspecified atom stereocenters. The Labute approximate surface area is 149 Å². The summed E-state index contributed by atoms with van der Waals surface area (Å²) >= 11 is 0. The number of halogens is 2. The van der Waals surface area contributed by atoms with Crippen LogP contribution >= 0.6 is 0 Å². The molecule has 1 aliphatic carbocycles. The zero-order valence-electron chi connectivity index (χ0n) is 14.7. The zero-order chi connectivity index (χ0) is 19.1. The molecule has 0 spiro atoms. The quantitative estimate of drug-likeness (QED) is 0.882. The number of carbonyl (C=O) groups is 2. The highest BCUT2D eigenvalue weighted by Crippen LogP contribution is 2.48. The number of nitrogens with one attached hydrogen (secondary N) is 1. The number of ether oxygens (including phenoxy) is 2. The Morgan fingerprint density at radius 2 is 2.04 bits per heavy atom. The van der Waals surface area contributed by atoms with Crippen molar-refractivity contribution in [3.63, 3.8) is 0 Å². The Morgan fingerprint density at radius 1 is 1.31 bits per heavy atom. The number of hydrogen-bond acceptors (Lipinski definition) is 5. The topological polar surface area (TPSA) is 80.8 Å². The number of rotatable bonds is 4. The van der Waals surface area contributed by atoms with Gasteiger partial charge in [0.2, 0.25) is 11.8 Å². The van der Waals surface area contributed by atoms with Crippen molar-refractivity contribution in [2.45, 2.75) is 57.9 Å². The van der Waals surface area contributed by atoms with E-state index in [1.807, 2.05) is 0 Å². The maximum atomic E-state index is 12.6. The Bertz CT molecular complexity index is 707. The minimum Gasteiger partial charge on any atom is -0.444 e. The van der Waals surface area contributed by atoms with Crippen molar-refractivity contribution in [3.05, 3.63) is 18.2 Å². The number of aromatic nitrogens is 1. The molecule has 1 saturated carbocycles. The second-order valence-electron chi connectivity index (χ2n) is 7.43. The molecule has 1 aromatic heterocycles. The summed E-state index contributed by atoms with van der Waals surface area (Å²) in [7, 11) is 0. The molecule has 3 atom stereocenters. The lowest BCUT2D eigenvalue weighted by Gasteiger charge is -2.29. The van der Waals surface area contributed by atoms with Crippen LogP contribution in [0.1, 0.15) is 33.6 Å². The molecule has 2 heterocycles. The number of nitrogens with zero attached hydrogens (tertiary/aromatic N) is 2. The standard InChI is InChI=1S/C17H21F2N3O4/c1-17(2,3)26-16(24)22-10-7-9(10)8-11(22)14(23)21-12-5-4-6-13(20-12)25-15(18)19/h4-6,9-11,15H,7-8H2,1-3H3,(H,20,21,23)/t9-,10-,11+/m1/s1. The van der Waals surface area contributed by atoms with Gasteiger partial charge < -0.3 is 14.8 Å². The van der Waals surface area contributed by atoms with Crippen LogP contribution < -0.4 is 10.1 Å². The molecule has 9 heteroatoms. The first kappa shape index (κ1) is 18.3. The monoisotopic (exact) mass is 369 g/mol. The largest absolute Gasteiger partial charge is 0.444 e. The van der Waals surface area contributed by atoms with Crippen molar-refractivity contribution in [3.8, 4) is 5.88 Å². The Morgan fingerprint density at radius 3 is 2.69 bits per heavy atom. The summed E-state index contributed by atoms with van der Waals surface area (Å²) in [5.41, 5.74) is -0.659. The molecular weight excluding hydrogens is 348 g/mol. The Hall–Kier alpha value is -2.45. The fraction of sp³-hybridized carbons (Fsp3) is 0.588. The van der Waals surface area contributed by atoms with E-state index in [4.69, 9.17) is 4.74 Å². The maximum absolute atomic E-state index is 12.6. The normalized spacial score (nSPS) is 24.2. The number of anilines is 1. The van der Waals surface area contributed by atoms with E-state index >= 15 is 0 Å². The number of fused-ring (bicyclic) bond motifs is 1. The van der Waals surface area contributed by atoms with Crippen molar-refractivity contribution in [1.29, 1.82) is 0 Å². The molecular formula is C17H21F2N3O4. The molecule has 0 bridgehead atoms. The summed E-state index contributed by atoms with van der Waals surface area (Å²) in [5, 5.41) is 2.56. The van der Waals surface area contributed by atoms with Crippen molar-refractivity contribution >= 4 is 17.8 Å². The van der Waals surface area contributed by atoms with E-state index in [1.165, 1.54) is 23.1 Å². The molecule has 2 aliphatic rings. The van der Waals surface area contributed by atoms with Crippen LogP contribution in [0.4, 0.5) is 19.4 Å². The Kier molecular flexibility index (Phi) is 4.72. The molecule has 3 rings (SSSR count). The van der Waals surface area contributed by atoms with E-state index in [0.717, 1.165) is 6.42 Å². The number of hydrogen-bond donors (Lipinski definition) is 1. The fourth-order valence-corrected chi connectivity index (χ4v) is 3.12. The van der Waals surface area contributed by atoms with Gasteiger partial charge in [-0.05, 0) is 45.6 Å². The maximum Gasteiger partial charge on any atom is 0.411 e. The summed E-state index contributed by atoms with van der Waals surface area (Å²) in [6, 6.07) is 3.51. The lowest BCUT2D eigenvalue weighted by atomic mass is 10.1. The van der Waals surface area contributed by atoms with Crippen molar-refractivity contribution in [1.82, 2.24) is 9.88 Å². The second-order valence-corrected chi connectivity index (χ2v) is 7.43. The first-order valence-electron chi connectivity index (χ1n) is 8.38. The summed E-state index contributed by atoms with van der Waals surface area (Å²) in [5.74, 6) is -0.349. The van der Waals surface area contributed by atoms with Gasteiger partial charge in [0.05, 0.1) is 0 Å². The summed E-state index contributed by atoms with van der Waals surface area (Å²) in [6.07, 6.45) is 0.882. The Balaban J connectivity index is 1.68. The van der Waals surface area contributed by atoms with E-state index in [-0.39, 0.29) is 17.7 Å². The van der Waals surface area contributed by atoms with Gasteiger partial charge in [0.1, 0.15) is 17.5 Å². The van der Waals surface area contributed by atoms with Gasteiger partial charge in [0, 0.05) is 12.1 Å². The van der Waals surface area contributed by atoms with Crippen LogP contribution in [-0.4, -0.2) is 46.2 Å². The predicted molar refractivity (Wildman–Crippen MR) is 87.9 cm³/mol. The van der Waals surface area contributed by atoms with Gasteiger partial charge in [0.15, 0.2) is 0 Å². The van der Waals surface area contributed by atoms with Gasteiger partial charge in [-0.2, -0.15) is 13.8 Å². The number of pyridine rings is 1. The lowest BCUT2D eigenvalue weighted by molar-refractivity contribution is -0.121. The SMILES string of the molecule is CC(C)(C)OC(=O)N1[C@@H]2C[C@@H]2C[C@H]1C(=O)Nc1cccc(OC(F)F)n1. The van der Waals surface area contributed by atoms with E-state index in [2.05, 4.69) is 15.0 Å². The molecule has 1 N–H and O–H groups in total. The van der Waals surface area contributed by atoms with Crippen molar-refractivity contribution < 1.29 is 27.8 Å². The van der Waals surface area contributed by atoms with E-state index in [1.54, 1.807) is 20.8 Å². The number of piperidine rings is 1. The summed E-state index contributed by atoms with van der Waals surface area (Å²) < 4.78 is 34.2. The predicted octanol–water partition coefficient (Wildman–Crippen LogP) is 3.02. The van der Waals surface area contributed by atoms with Gasteiger partial charge in [-0.25, -0.2) is 4.79 Å². The third-order valence-corrected chi connectivity index (χ3v) is 4.20. The zero-order valence-corrected chi connectivity index (χ0v) is 14.7. The van der Waals surface area contributed by atoms with Crippen LogP contribution in [0.3, 0.4) is 0 Å². The molecule has 0 radical (unpaired) electrons. The molecule has 7 nitrogen and oxygen atoms in total. The van der Waals surface area contributed by atoms with Gasteiger partial charge >= 0.3 is 12.7 Å². The first-order valence-corrected chi connectivity index (χ1v) is 8.38. The molecule has 0 aromatic carbocycles. The van der Waals surface area contributed by atoms with E-state index < -0.39 is 30.3 Å². The number of likely N-dealkylation sites (tertiary alicyclic amines) is 1. The van der Waals surface area contributed by atoms with Crippen LogP contribution in [0.15, 0.2) is 18.2 Å². The molecule has 1 saturated heterocycles. The van der Waals surface area contributed by atoms with Crippen LogP contribution in [0.2, 0.25) is 0 Å². The van der Waals surface area contributed by atoms with Crippen molar-refractivity contribution in [2.24, 2.45) is 5.92 Å². The minimum absolute atomic E-state index is 0.0158. The van der Waals surface area contributed by atoms with E-state index in [9.17, 15) is 18.4 Å². The van der Waals surface area contributed by atoms with Gasteiger partial charge in [-0.1, -0.05) is 6.07 Å². The van der Waals surface area contributed by atoms with Crippen LogP contribution in [-0.2, 0) is 9.53 Å². The molecule has 1 aliphatic heterocycles. The van der Waals surface area contributed by atoms with Gasteiger partial charge in [0.25, 0.3) is 0 Å². The highest BCUT2D eigenvalue weighted by atomic mass is 19.3. The van der Waals surface area contributed by atoms with E-state index in [0.29, 0.717) is 12.3 Å². The van der Waals surface area contributed by atoms with Crippen LogP contribution in [0.5, 0.6) is 5.88 Å². The molecule has 2 amide bonds. The average Bonchev–Trinajstić information content (AvgIpc) is 3.14. The molecule has 26 heavy (non-hydrogen) atoms. The third-order valence-electron chi connectivity index (χ3n) is 4.20. The highest BCUT2D eigenvalue weighted by molar-refractivity contribution is 5.96. The second kappa shape index (κ2) is 6.69. The number of carbonyl (C=O) groups excluding carboxylic acids is 2. The van der Waals surface area contributed by atoms with Gasteiger partial charge in [-0.15, -0.1) is 0 Å².